The van der Waals surface area contributed by atoms with Crippen molar-refractivity contribution in [1.29, 1.82) is 0 Å². The van der Waals surface area contributed by atoms with Crippen molar-refractivity contribution in [2.45, 2.75) is 49.8 Å². The van der Waals surface area contributed by atoms with E-state index >= 15 is 0 Å². The molecule has 2 heterocycles. The van der Waals surface area contributed by atoms with Crippen LogP contribution in [0.15, 0.2) is 29.7 Å². The number of nitrogens with one attached hydrogen (secondary N) is 1. The number of nitrogens with zero attached hydrogens (tertiary/aromatic N) is 6. The maximum atomic E-state index is 12.8. The number of rotatable bonds is 7. The SMILES string of the molecule is Cn1nnnc1SCCNC(=O)N(Cc1cccnc1)C1CCCCC1. The van der Waals surface area contributed by atoms with Gasteiger partial charge in [0.25, 0.3) is 0 Å². The van der Waals surface area contributed by atoms with Crippen LogP contribution in [0.2, 0.25) is 0 Å². The first-order valence-corrected chi connectivity index (χ1v) is 10.0. The summed E-state index contributed by atoms with van der Waals surface area (Å²) in [6.45, 7) is 1.18. The summed E-state index contributed by atoms with van der Waals surface area (Å²) in [6, 6.07) is 4.24. The van der Waals surface area contributed by atoms with E-state index in [1.807, 2.05) is 23.2 Å². The van der Waals surface area contributed by atoms with Gasteiger partial charge in [-0.15, -0.1) is 5.10 Å². The van der Waals surface area contributed by atoms with E-state index in [0.29, 0.717) is 19.1 Å². The number of tetrazole rings is 1. The van der Waals surface area contributed by atoms with Crippen molar-refractivity contribution < 1.29 is 4.79 Å². The molecule has 0 aliphatic heterocycles. The fourth-order valence-electron chi connectivity index (χ4n) is 3.19. The minimum atomic E-state index is -0.00237. The van der Waals surface area contributed by atoms with Crippen LogP contribution in [0, 0.1) is 0 Å². The molecule has 1 N–H and O–H groups in total. The Balaban J connectivity index is 1.54. The summed E-state index contributed by atoms with van der Waals surface area (Å²) < 4.78 is 1.63. The van der Waals surface area contributed by atoms with E-state index in [4.69, 9.17) is 0 Å². The minimum Gasteiger partial charge on any atom is -0.337 e. The van der Waals surface area contributed by atoms with Crippen LogP contribution in [0.5, 0.6) is 0 Å². The molecule has 2 amide bonds. The van der Waals surface area contributed by atoms with Crippen molar-refractivity contribution in [3.63, 3.8) is 0 Å². The number of hydrogen-bond donors (Lipinski definition) is 1. The van der Waals surface area contributed by atoms with Gasteiger partial charge in [0, 0.05) is 44.3 Å². The zero-order valence-corrected chi connectivity index (χ0v) is 15.9. The van der Waals surface area contributed by atoms with Gasteiger partial charge >= 0.3 is 6.03 Å². The topological polar surface area (TPSA) is 88.8 Å². The molecule has 3 rings (SSSR count). The maximum Gasteiger partial charge on any atom is 0.317 e. The lowest BCUT2D eigenvalue weighted by molar-refractivity contribution is 0.151. The van der Waals surface area contributed by atoms with Gasteiger partial charge in [-0.2, -0.15) is 0 Å². The molecule has 1 saturated carbocycles. The molecule has 1 fully saturated rings. The van der Waals surface area contributed by atoms with Gasteiger partial charge in [-0.25, -0.2) is 9.48 Å². The number of amides is 2. The number of carbonyl (C=O) groups excluding carboxylic acids is 1. The van der Waals surface area contributed by atoms with E-state index < -0.39 is 0 Å². The van der Waals surface area contributed by atoms with Crippen LogP contribution in [-0.4, -0.2) is 54.5 Å². The Morgan fingerprint density at radius 1 is 1.38 bits per heavy atom. The maximum absolute atomic E-state index is 12.8. The van der Waals surface area contributed by atoms with Gasteiger partial charge in [0.2, 0.25) is 5.16 Å². The van der Waals surface area contributed by atoms with Crippen molar-refractivity contribution in [2.24, 2.45) is 7.05 Å². The average molecular weight is 376 g/mol. The number of carbonyl (C=O) groups is 1. The molecule has 0 atom stereocenters. The van der Waals surface area contributed by atoms with E-state index in [0.717, 1.165) is 29.3 Å². The molecule has 1 aliphatic rings. The zero-order chi connectivity index (χ0) is 18.2. The van der Waals surface area contributed by atoms with Crippen molar-refractivity contribution in [3.05, 3.63) is 30.1 Å². The molecule has 0 bridgehead atoms. The van der Waals surface area contributed by atoms with E-state index in [9.17, 15) is 4.79 Å². The predicted molar refractivity (Wildman–Crippen MR) is 99.6 cm³/mol. The molecule has 0 saturated heterocycles. The summed E-state index contributed by atoms with van der Waals surface area (Å²) in [6.07, 6.45) is 9.39. The molecule has 0 aromatic carbocycles. The normalized spacial score (nSPS) is 15.0. The lowest BCUT2D eigenvalue weighted by Crippen LogP contribution is -2.47. The van der Waals surface area contributed by atoms with Gasteiger partial charge in [0.05, 0.1) is 0 Å². The molecule has 2 aromatic heterocycles. The number of urea groups is 1. The van der Waals surface area contributed by atoms with E-state index in [1.54, 1.807) is 17.9 Å². The van der Waals surface area contributed by atoms with Gasteiger partial charge < -0.3 is 10.2 Å². The molecular weight excluding hydrogens is 350 g/mol. The minimum absolute atomic E-state index is 0.00237. The molecule has 2 aromatic rings. The van der Waals surface area contributed by atoms with Crippen molar-refractivity contribution >= 4 is 17.8 Å². The standard InChI is InChI=1S/C17H25N7OS/c1-23-17(20-21-22-23)26-11-10-19-16(25)24(15-7-3-2-4-8-15)13-14-6-5-9-18-12-14/h5-6,9,12,15H,2-4,7-8,10-11,13H2,1H3,(H,19,25). The van der Waals surface area contributed by atoms with Crippen molar-refractivity contribution in [2.75, 3.05) is 12.3 Å². The lowest BCUT2D eigenvalue weighted by atomic mass is 9.94. The highest BCUT2D eigenvalue weighted by Gasteiger charge is 2.25. The van der Waals surface area contributed by atoms with E-state index in [-0.39, 0.29) is 6.03 Å². The first kappa shape index (κ1) is 18.6. The van der Waals surface area contributed by atoms with Crippen molar-refractivity contribution in [1.82, 2.24) is 35.4 Å². The highest BCUT2D eigenvalue weighted by atomic mass is 32.2. The fourth-order valence-corrected chi connectivity index (χ4v) is 3.90. The molecule has 9 heteroatoms. The average Bonchev–Trinajstić information content (AvgIpc) is 3.09. The number of aromatic nitrogens is 5. The summed E-state index contributed by atoms with van der Waals surface area (Å²) in [5.41, 5.74) is 1.06. The molecule has 0 spiro atoms. The first-order valence-electron chi connectivity index (χ1n) is 9.02. The Hall–Kier alpha value is -2.16. The summed E-state index contributed by atoms with van der Waals surface area (Å²) >= 11 is 1.53. The third-order valence-electron chi connectivity index (χ3n) is 4.54. The second-order valence-corrected chi connectivity index (χ2v) is 7.51. The third kappa shape index (κ3) is 5.17. The van der Waals surface area contributed by atoms with Crippen LogP contribution in [0.1, 0.15) is 37.7 Å². The number of hydrogen-bond acceptors (Lipinski definition) is 6. The third-order valence-corrected chi connectivity index (χ3v) is 5.56. The molecule has 0 unspecified atom stereocenters. The van der Waals surface area contributed by atoms with E-state index in [2.05, 4.69) is 25.8 Å². The summed E-state index contributed by atoms with van der Waals surface area (Å²) in [5.74, 6) is 0.728. The number of thioether (sulfide) groups is 1. The van der Waals surface area contributed by atoms with Crippen LogP contribution >= 0.6 is 11.8 Å². The predicted octanol–water partition coefficient (Wildman–Crippen LogP) is 2.24. The first-order chi connectivity index (χ1) is 12.7. The molecule has 0 radical (unpaired) electrons. The van der Waals surface area contributed by atoms with E-state index in [1.165, 1.54) is 31.0 Å². The van der Waals surface area contributed by atoms with Crippen LogP contribution in [0.4, 0.5) is 4.79 Å². The molecule has 26 heavy (non-hydrogen) atoms. The number of pyridine rings is 1. The van der Waals surface area contributed by atoms with Gasteiger partial charge in [-0.1, -0.05) is 37.1 Å². The van der Waals surface area contributed by atoms with Crippen LogP contribution in [0.25, 0.3) is 0 Å². The molecular formula is C17H25N7OS. The summed E-state index contributed by atoms with van der Waals surface area (Å²) in [4.78, 5) is 19.0. The van der Waals surface area contributed by atoms with Gasteiger partial charge in [0.1, 0.15) is 0 Å². The Bertz CT molecular complexity index is 687. The van der Waals surface area contributed by atoms with Crippen LogP contribution in [-0.2, 0) is 13.6 Å². The van der Waals surface area contributed by atoms with Gasteiger partial charge in [-0.3, -0.25) is 4.98 Å². The Labute approximate surface area is 157 Å². The summed E-state index contributed by atoms with van der Waals surface area (Å²) in [7, 11) is 1.81. The second-order valence-electron chi connectivity index (χ2n) is 6.45. The summed E-state index contributed by atoms with van der Waals surface area (Å²) in [5, 5.41) is 15.1. The Morgan fingerprint density at radius 2 is 2.23 bits per heavy atom. The Kier molecular flexibility index (Phi) is 6.82. The monoisotopic (exact) mass is 375 g/mol. The highest BCUT2D eigenvalue weighted by molar-refractivity contribution is 7.99. The largest absolute Gasteiger partial charge is 0.337 e. The Morgan fingerprint density at radius 3 is 2.92 bits per heavy atom. The molecule has 140 valence electrons. The second kappa shape index (κ2) is 9.51. The van der Waals surface area contributed by atoms with Crippen molar-refractivity contribution in [3.8, 4) is 0 Å². The quantitative estimate of drug-likeness (QED) is 0.590. The van der Waals surface area contributed by atoms with Crippen LogP contribution < -0.4 is 5.32 Å². The van der Waals surface area contributed by atoms with Gasteiger partial charge in [0.15, 0.2) is 0 Å². The lowest BCUT2D eigenvalue weighted by Gasteiger charge is -2.34. The molecule has 1 aliphatic carbocycles. The fraction of sp³-hybridized carbons (Fsp3) is 0.588. The smallest absolute Gasteiger partial charge is 0.317 e. The van der Waals surface area contributed by atoms with Gasteiger partial charge in [-0.05, 0) is 34.9 Å². The zero-order valence-electron chi connectivity index (χ0n) is 15.0. The highest BCUT2D eigenvalue weighted by Crippen LogP contribution is 2.24. The molecule has 8 nitrogen and oxygen atoms in total. The van der Waals surface area contributed by atoms with Crippen LogP contribution in [0.3, 0.4) is 0 Å². The number of aryl methyl sites for hydroxylation is 1.